The van der Waals surface area contributed by atoms with Gasteiger partial charge in [-0.05, 0) is 43.9 Å². The minimum atomic E-state index is 0.00984. The lowest BCUT2D eigenvalue weighted by Crippen LogP contribution is -2.61. The van der Waals surface area contributed by atoms with Crippen LogP contribution in [0.25, 0.3) is 0 Å². The number of ether oxygens (including phenoxy) is 1. The first-order chi connectivity index (χ1) is 8.87. The minimum absolute atomic E-state index is 0.00984. The van der Waals surface area contributed by atoms with Crippen LogP contribution < -0.4 is 5.32 Å². The second kappa shape index (κ2) is 5.73. The molecule has 2 rings (SSSR count). The van der Waals surface area contributed by atoms with E-state index < -0.39 is 0 Å². The van der Waals surface area contributed by atoms with Crippen LogP contribution in [0, 0.1) is 17.8 Å². The normalized spacial score (nSPS) is 40.9. The Morgan fingerprint density at radius 2 is 1.79 bits per heavy atom. The number of nitrogens with one attached hydrogen (secondary N) is 1. The van der Waals surface area contributed by atoms with Crippen molar-refractivity contribution in [2.75, 3.05) is 13.1 Å². The summed E-state index contributed by atoms with van der Waals surface area (Å²) in [6.45, 7) is 13.7. The average molecular weight is 267 g/mol. The van der Waals surface area contributed by atoms with Crippen LogP contribution in [0.1, 0.15) is 66.7 Å². The molecule has 1 heterocycles. The van der Waals surface area contributed by atoms with Crippen molar-refractivity contribution in [2.45, 2.75) is 77.9 Å². The molecule has 1 aliphatic heterocycles. The van der Waals surface area contributed by atoms with Crippen LogP contribution in [-0.2, 0) is 4.74 Å². The molecule has 19 heavy (non-hydrogen) atoms. The number of rotatable bonds is 2. The second-order valence-corrected chi connectivity index (χ2v) is 7.79. The van der Waals surface area contributed by atoms with Crippen molar-refractivity contribution in [2.24, 2.45) is 17.8 Å². The quantitative estimate of drug-likeness (QED) is 0.816. The van der Waals surface area contributed by atoms with Crippen molar-refractivity contribution in [3.05, 3.63) is 0 Å². The standard InChI is InChI=1S/C17H33NO/c1-13(2)15-7-6-9-17(10-8-15)12-18-11-16(5,19-17)14(3)4/h13-15,18H,6-12H2,1-5H3. The van der Waals surface area contributed by atoms with Gasteiger partial charge in [0.15, 0.2) is 0 Å². The number of hydrogen-bond donors (Lipinski definition) is 1. The summed E-state index contributed by atoms with van der Waals surface area (Å²) in [5.74, 6) is 2.29. The summed E-state index contributed by atoms with van der Waals surface area (Å²) in [6, 6.07) is 0. The molecule has 0 aromatic carbocycles. The second-order valence-electron chi connectivity index (χ2n) is 7.79. The van der Waals surface area contributed by atoms with E-state index in [4.69, 9.17) is 4.74 Å². The first kappa shape index (κ1) is 15.3. The Bertz CT molecular complexity index is 302. The fraction of sp³-hybridized carbons (Fsp3) is 1.00. The molecule has 2 nitrogen and oxygen atoms in total. The highest BCUT2D eigenvalue weighted by atomic mass is 16.5. The van der Waals surface area contributed by atoms with Gasteiger partial charge in [-0.2, -0.15) is 0 Å². The summed E-state index contributed by atoms with van der Waals surface area (Å²) < 4.78 is 6.71. The van der Waals surface area contributed by atoms with Gasteiger partial charge >= 0.3 is 0 Å². The Balaban J connectivity index is 2.06. The van der Waals surface area contributed by atoms with E-state index in [0.717, 1.165) is 24.9 Å². The average Bonchev–Trinajstić information content (AvgIpc) is 2.52. The van der Waals surface area contributed by atoms with Crippen molar-refractivity contribution in [1.82, 2.24) is 5.32 Å². The summed E-state index contributed by atoms with van der Waals surface area (Å²) in [5.41, 5.74) is 0.122. The van der Waals surface area contributed by atoms with Crippen LogP contribution in [0.5, 0.6) is 0 Å². The third kappa shape index (κ3) is 3.33. The van der Waals surface area contributed by atoms with Crippen molar-refractivity contribution in [3.8, 4) is 0 Å². The molecule has 3 unspecified atom stereocenters. The van der Waals surface area contributed by atoms with Crippen LogP contribution in [-0.4, -0.2) is 24.3 Å². The lowest BCUT2D eigenvalue weighted by Gasteiger charge is -2.49. The maximum absolute atomic E-state index is 6.71. The molecule has 0 aromatic heterocycles. The smallest absolute Gasteiger partial charge is 0.0814 e. The van der Waals surface area contributed by atoms with E-state index in [0.29, 0.717) is 5.92 Å². The fourth-order valence-electron chi connectivity index (χ4n) is 3.78. The largest absolute Gasteiger partial charge is 0.366 e. The molecule has 1 aliphatic carbocycles. The Labute approximate surface area is 119 Å². The number of morpholine rings is 1. The van der Waals surface area contributed by atoms with Gasteiger partial charge in [-0.25, -0.2) is 0 Å². The molecule has 1 saturated heterocycles. The van der Waals surface area contributed by atoms with Crippen molar-refractivity contribution < 1.29 is 4.74 Å². The molecule has 1 spiro atoms. The van der Waals surface area contributed by atoms with Gasteiger partial charge in [0.2, 0.25) is 0 Å². The van der Waals surface area contributed by atoms with Crippen LogP contribution in [0.2, 0.25) is 0 Å². The maximum Gasteiger partial charge on any atom is 0.0814 e. The topological polar surface area (TPSA) is 21.3 Å². The summed E-state index contributed by atoms with van der Waals surface area (Å²) in [6.07, 6.45) is 6.55. The zero-order chi connectivity index (χ0) is 14.1. The zero-order valence-electron chi connectivity index (χ0n) is 13.6. The van der Waals surface area contributed by atoms with Gasteiger partial charge in [0.25, 0.3) is 0 Å². The molecule has 2 fully saturated rings. The highest BCUT2D eigenvalue weighted by molar-refractivity contribution is 4.97. The first-order valence-corrected chi connectivity index (χ1v) is 8.28. The summed E-state index contributed by atoms with van der Waals surface area (Å²) in [4.78, 5) is 0. The monoisotopic (exact) mass is 267 g/mol. The molecule has 2 aliphatic rings. The molecule has 2 heteroatoms. The Morgan fingerprint density at radius 3 is 2.42 bits per heavy atom. The molecule has 0 aromatic rings. The van der Waals surface area contributed by atoms with E-state index in [1.807, 2.05) is 0 Å². The molecular formula is C17H33NO. The summed E-state index contributed by atoms with van der Waals surface area (Å²) in [7, 11) is 0. The lowest BCUT2D eigenvalue weighted by molar-refractivity contribution is -0.194. The molecule has 1 saturated carbocycles. The Morgan fingerprint density at radius 1 is 1.05 bits per heavy atom. The van der Waals surface area contributed by atoms with Gasteiger partial charge in [0.05, 0.1) is 11.2 Å². The van der Waals surface area contributed by atoms with Gasteiger partial charge in [0.1, 0.15) is 0 Å². The molecule has 0 radical (unpaired) electrons. The van der Waals surface area contributed by atoms with E-state index in [-0.39, 0.29) is 11.2 Å². The third-order valence-corrected chi connectivity index (χ3v) is 5.71. The fourth-order valence-corrected chi connectivity index (χ4v) is 3.78. The van der Waals surface area contributed by atoms with Gasteiger partial charge in [0, 0.05) is 13.1 Å². The maximum atomic E-state index is 6.71. The van der Waals surface area contributed by atoms with Gasteiger partial charge in [-0.3, -0.25) is 0 Å². The van der Waals surface area contributed by atoms with Gasteiger partial charge < -0.3 is 10.1 Å². The third-order valence-electron chi connectivity index (χ3n) is 5.71. The molecular weight excluding hydrogens is 234 g/mol. The molecule has 1 N–H and O–H groups in total. The summed E-state index contributed by atoms with van der Waals surface area (Å²) >= 11 is 0. The Kier molecular flexibility index (Phi) is 4.62. The van der Waals surface area contributed by atoms with E-state index in [2.05, 4.69) is 39.9 Å². The van der Waals surface area contributed by atoms with Crippen molar-refractivity contribution >= 4 is 0 Å². The molecule has 0 bridgehead atoms. The number of hydrogen-bond acceptors (Lipinski definition) is 2. The van der Waals surface area contributed by atoms with Crippen molar-refractivity contribution in [3.63, 3.8) is 0 Å². The van der Waals surface area contributed by atoms with E-state index >= 15 is 0 Å². The van der Waals surface area contributed by atoms with Gasteiger partial charge in [-0.1, -0.05) is 40.5 Å². The van der Waals surface area contributed by atoms with Crippen LogP contribution >= 0.6 is 0 Å². The lowest BCUT2D eigenvalue weighted by atomic mass is 9.84. The van der Waals surface area contributed by atoms with E-state index in [1.165, 1.54) is 32.1 Å². The van der Waals surface area contributed by atoms with Crippen LogP contribution in [0.15, 0.2) is 0 Å². The molecule has 112 valence electrons. The summed E-state index contributed by atoms with van der Waals surface area (Å²) in [5, 5.41) is 3.66. The zero-order valence-corrected chi connectivity index (χ0v) is 13.6. The minimum Gasteiger partial charge on any atom is -0.366 e. The van der Waals surface area contributed by atoms with Gasteiger partial charge in [-0.15, -0.1) is 0 Å². The predicted octanol–water partition coefficient (Wildman–Crippen LogP) is 4.00. The predicted molar refractivity (Wildman–Crippen MR) is 81.3 cm³/mol. The van der Waals surface area contributed by atoms with E-state index in [1.54, 1.807) is 0 Å². The van der Waals surface area contributed by atoms with Crippen LogP contribution in [0.4, 0.5) is 0 Å². The van der Waals surface area contributed by atoms with Crippen molar-refractivity contribution in [1.29, 1.82) is 0 Å². The van der Waals surface area contributed by atoms with E-state index in [9.17, 15) is 0 Å². The highest BCUT2D eigenvalue weighted by Gasteiger charge is 2.45. The first-order valence-electron chi connectivity index (χ1n) is 8.28. The SMILES string of the molecule is CC(C)C1CCCC2(CC1)CNCC(C)(C(C)C)O2. The highest BCUT2D eigenvalue weighted by Crippen LogP contribution is 2.41. The molecule has 0 amide bonds. The molecule has 3 atom stereocenters. The van der Waals surface area contributed by atoms with Crippen LogP contribution in [0.3, 0.4) is 0 Å². The Hall–Kier alpha value is -0.0800.